The second-order valence-corrected chi connectivity index (χ2v) is 6.31. The lowest BCUT2D eigenvalue weighted by Gasteiger charge is -2.23. The lowest BCUT2D eigenvalue weighted by Crippen LogP contribution is -2.20. The molecule has 1 saturated heterocycles. The van der Waals surface area contributed by atoms with Gasteiger partial charge in [0.2, 0.25) is 0 Å². The van der Waals surface area contributed by atoms with Gasteiger partial charge in [-0.1, -0.05) is 13.8 Å². The maximum absolute atomic E-state index is 5.56. The van der Waals surface area contributed by atoms with Gasteiger partial charge in [-0.3, -0.25) is 0 Å². The molecule has 0 spiro atoms. The van der Waals surface area contributed by atoms with E-state index < -0.39 is 0 Å². The molecule has 5 heteroatoms. The molecule has 1 aliphatic heterocycles. The largest absolute Gasteiger partial charge is 0.381 e. The maximum Gasteiger partial charge on any atom is 0.143 e. The Morgan fingerprint density at radius 2 is 2.21 bits per heavy atom. The first-order chi connectivity index (χ1) is 9.13. The van der Waals surface area contributed by atoms with Gasteiger partial charge >= 0.3 is 0 Å². The molecular formula is C14H22IN3O. The highest BCUT2D eigenvalue weighted by Gasteiger charge is 2.22. The first kappa shape index (κ1) is 15.0. The molecule has 1 fully saturated rings. The highest BCUT2D eigenvalue weighted by molar-refractivity contribution is 14.1. The molecule has 0 aliphatic carbocycles. The Balaban J connectivity index is 2.36. The monoisotopic (exact) mass is 375 g/mol. The Kier molecular flexibility index (Phi) is 5.38. The standard InChI is InChI=1S/C14H22IN3O/c1-4-16-14-11(15)12(9(2)3)17-13(18-14)10-6-5-7-19-8-10/h9-10H,4-8H2,1-3H3,(H,16,17,18). The zero-order valence-electron chi connectivity index (χ0n) is 11.9. The van der Waals surface area contributed by atoms with Gasteiger partial charge in [0.25, 0.3) is 0 Å². The molecule has 0 aromatic carbocycles. The predicted molar refractivity (Wildman–Crippen MR) is 85.8 cm³/mol. The van der Waals surface area contributed by atoms with Crippen LogP contribution in [0, 0.1) is 3.57 Å². The summed E-state index contributed by atoms with van der Waals surface area (Å²) >= 11 is 2.35. The summed E-state index contributed by atoms with van der Waals surface area (Å²) < 4.78 is 6.71. The summed E-state index contributed by atoms with van der Waals surface area (Å²) in [7, 11) is 0. The molecule has 0 saturated carbocycles. The zero-order valence-corrected chi connectivity index (χ0v) is 14.0. The van der Waals surface area contributed by atoms with E-state index in [4.69, 9.17) is 14.7 Å². The van der Waals surface area contributed by atoms with Gasteiger partial charge in [-0.15, -0.1) is 0 Å². The van der Waals surface area contributed by atoms with Crippen LogP contribution in [0.1, 0.15) is 57.0 Å². The molecule has 1 unspecified atom stereocenters. The summed E-state index contributed by atoms with van der Waals surface area (Å²) in [5.41, 5.74) is 1.15. The van der Waals surface area contributed by atoms with Crippen LogP contribution in [-0.4, -0.2) is 29.7 Å². The lowest BCUT2D eigenvalue weighted by molar-refractivity contribution is 0.0780. The Labute approximate surface area is 128 Å². The van der Waals surface area contributed by atoms with E-state index in [0.29, 0.717) is 11.8 Å². The fraction of sp³-hybridized carbons (Fsp3) is 0.714. The van der Waals surface area contributed by atoms with Crippen LogP contribution in [-0.2, 0) is 4.74 Å². The highest BCUT2D eigenvalue weighted by atomic mass is 127. The maximum atomic E-state index is 5.56. The molecular weight excluding hydrogens is 353 g/mol. The normalized spacial score (nSPS) is 19.7. The average molecular weight is 375 g/mol. The van der Waals surface area contributed by atoms with Crippen LogP contribution in [0.15, 0.2) is 0 Å². The summed E-state index contributed by atoms with van der Waals surface area (Å²) in [6.45, 7) is 8.96. The number of nitrogens with zero attached hydrogens (tertiary/aromatic N) is 2. The molecule has 4 nitrogen and oxygen atoms in total. The van der Waals surface area contributed by atoms with Crippen LogP contribution in [0.25, 0.3) is 0 Å². The van der Waals surface area contributed by atoms with Gasteiger partial charge in [-0.25, -0.2) is 9.97 Å². The molecule has 0 bridgehead atoms. The molecule has 2 heterocycles. The second kappa shape index (κ2) is 6.83. The summed E-state index contributed by atoms with van der Waals surface area (Å²) in [5, 5.41) is 3.35. The van der Waals surface area contributed by atoms with Gasteiger partial charge < -0.3 is 10.1 Å². The first-order valence-corrected chi connectivity index (χ1v) is 8.10. The number of hydrogen-bond donors (Lipinski definition) is 1. The molecule has 19 heavy (non-hydrogen) atoms. The predicted octanol–water partition coefficient (Wildman–Crippen LogP) is 3.53. The van der Waals surface area contributed by atoms with Gasteiger partial charge in [0.1, 0.15) is 11.6 Å². The van der Waals surface area contributed by atoms with Gasteiger partial charge in [0.15, 0.2) is 0 Å². The topological polar surface area (TPSA) is 47.0 Å². The van der Waals surface area contributed by atoms with E-state index in [0.717, 1.165) is 53.5 Å². The van der Waals surface area contributed by atoms with E-state index in [1.54, 1.807) is 0 Å². The van der Waals surface area contributed by atoms with Gasteiger partial charge in [0.05, 0.1) is 15.9 Å². The molecule has 2 rings (SSSR count). The fourth-order valence-corrected chi connectivity index (χ4v) is 3.33. The third-order valence-corrected chi connectivity index (χ3v) is 4.37. The fourth-order valence-electron chi connectivity index (χ4n) is 2.28. The number of anilines is 1. The minimum absolute atomic E-state index is 0.348. The van der Waals surface area contributed by atoms with Crippen molar-refractivity contribution in [1.82, 2.24) is 9.97 Å². The van der Waals surface area contributed by atoms with E-state index in [1.165, 1.54) is 0 Å². The van der Waals surface area contributed by atoms with Crippen molar-refractivity contribution in [2.45, 2.75) is 45.4 Å². The average Bonchev–Trinajstić information content (AvgIpc) is 2.42. The third kappa shape index (κ3) is 3.56. The van der Waals surface area contributed by atoms with Crippen molar-refractivity contribution in [3.05, 3.63) is 15.1 Å². The molecule has 1 aromatic heterocycles. The summed E-state index contributed by atoms with van der Waals surface area (Å²) in [4.78, 5) is 9.52. The van der Waals surface area contributed by atoms with Crippen molar-refractivity contribution in [1.29, 1.82) is 0 Å². The quantitative estimate of drug-likeness (QED) is 0.818. The zero-order chi connectivity index (χ0) is 13.8. The molecule has 1 aliphatic rings. The van der Waals surface area contributed by atoms with Gasteiger partial charge in [-0.05, 0) is 48.3 Å². The van der Waals surface area contributed by atoms with Crippen LogP contribution in [0.3, 0.4) is 0 Å². The van der Waals surface area contributed by atoms with E-state index in [9.17, 15) is 0 Å². The third-order valence-electron chi connectivity index (χ3n) is 3.31. The van der Waals surface area contributed by atoms with Crippen molar-refractivity contribution < 1.29 is 4.74 Å². The minimum Gasteiger partial charge on any atom is -0.381 e. The summed E-state index contributed by atoms with van der Waals surface area (Å²) in [6.07, 6.45) is 2.23. The molecule has 1 aromatic rings. The first-order valence-electron chi connectivity index (χ1n) is 7.02. The number of rotatable bonds is 4. The SMILES string of the molecule is CCNc1nc(C2CCCOC2)nc(C(C)C)c1I. The van der Waals surface area contributed by atoms with E-state index >= 15 is 0 Å². The van der Waals surface area contributed by atoms with E-state index in [2.05, 4.69) is 48.7 Å². The molecule has 0 amide bonds. The number of ether oxygens (including phenoxy) is 1. The van der Waals surface area contributed by atoms with Crippen molar-refractivity contribution >= 4 is 28.4 Å². The van der Waals surface area contributed by atoms with Crippen LogP contribution < -0.4 is 5.32 Å². The van der Waals surface area contributed by atoms with Crippen molar-refractivity contribution in [3.63, 3.8) is 0 Å². The number of halogens is 1. The van der Waals surface area contributed by atoms with E-state index in [-0.39, 0.29) is 0 Å². The Morgan fingerprint density at radius 1 is 1.42 bits per heavy atom. The van der Waals surface area contributed by atoms with Crippen LogP contribution >= 0.6 is 22.6 Å². The summed E-state index contributed by atoms with van der Waals surface area (Å²) in [6, 6.07) is 0. The highest BCUT2D eigenvalue weighted by Crippen LogP contribution is 2.29. The summed E-state index contributed by atoms with van der Waals surface area (Å²) in [5.74, 6) is 2.68. The smallest absolute Gasteiger partial charge is 0.143 e. The second-order valence-electron chi connectivity index (χ2n) is 5.23. The van der Waals surface area contributed by atoms with Crippen molar-refractivity contribution in [2.24, 2.45) is 0 Å². The van der Waals surface area contributed by atoms with Gasteiger partial charge in [-0.2, -0.15) is 0 Å². The van der Waals surface area contributed by atoms with Crippen LogP contribution in [0.5, 0.6) is 0 Å². The van der Waals surface area contributed by atoms with Crippen LogP contribution in [0.4, 0.5) is 5.82 Å². The molecule has 0 radical (unpaired) electrons. The Bertz CT molecular complexity index is 431. The molecule has 1 N–H and O–H groups in total. The van der Waals surface area contributed by atoms with Gasteiger partial charge in [0, 0.05) is 19.1 Å². The Hall–Kier alpha value is -0.430. The molecule has 106 valence electrons. The lowest BCUT2D eigenvalue weighted by atomic mass is 10.0. The number of nitrogens with one attached hydrogen (secondary N) is 1. The number of aromatic nitrogens is 2. The minimum atomic E-state index is 0.348. The van der Waals surface area contributed by atoms with Crippen LogP contribution in [0.2, 0.25) is 0 Å². The van der Waals surface area contributed by atoms with Crippen molar-refractivity contribution in [3.8, 4) is 0 Å². The number of hydrogen-bond acceptors (Lipinski definition) is 4. The van der Waals surface area contributed by atoms with E-state index in [1.807, 2.05) is 0 Å². The molecule has 1 atom stereocenters. The van der Waals surface area contributed by atoms with Crippen molar-refractivity contribution in [2.75, 3.05) is 25.1 Å². The Morgan fingerprint density at radius 3 is 2.79 bits per heavy atom.